The molecule has 1 aromatic rings. The number of benzene rings is 1. The Labute approximate surface area is 106 Å². The number of nitro benzene ring substituents is 1. The SMILES string of the molecule is O=[N+]([O-])c1ccc(N2CCCC2)c2c1CCCN2. The van der Waals surface area contributed by atoms with E-state index in [2.05, 4.69) is 10.2 Å². The average molecular weight is 247 g/mol. The lowest BCUT2D eigenvalue weighted by Crippen LogP contribution is -2.22. The first-order valence-electron chi connectivity index (χ1n) is 6.56. The number of nitro groups is 1. The molecule has 0 amide bonds. The molecule has 5 heteroatoms. The van der Waals surface area contributed by atoms with Crippen molar-refractivity contribution in [3.05, 3.63) is 27.8 Å². The Kier molecular flexibility index (Phi) is 2.81. The Bertz CT molecular complexity index is 481. The Morgan fingerprint density at radius 2 is 2.00 bits per heavy atom. The molecule has 18 heavy (non-hydrogen) atoms. The molecule has 0 spiro atoms. The third kappa shape index (κ3) is 1.79. The molecule has 5 nitrogen and oxygen atoms in total. The summed E-state index contributed by atoms with van der Waals surface area (Å²) < 4.78 is 0. The van der Waals surface area contributed by atoms with Crippen LogP contribution in [0.4, 0.5) is 17.1 Å². The van der Waals surface area contributed by atoms with E-state index in [1.165, 1.54) is 12.8 Å². The monoisotopic (exact) mass is 247 g/mol. The topological polar surface area (TPSA) is 58.4 Å². The summed E-state index contributed by atoms with van der Waals surface area (Å²) in [6.45, 7) is 3.03. The van der Waals surface area contributed by atoms with Crippen LogP contribution in [0.5, 0.6) is 0 Å². The first kappa shape index (κ1) is 11.3. The molecule has 3 rings (SSSR count). The van der Waals surface area contributed by atoms with E-state index in [0.29, 0.717) is 0 Å². The van der Waals surface area contributed by atoms with Gasteiger partial charge in [0.25, 0.3) is 5.69 Å². The summed E-state index contributed by atoms with van der Waals surface area (Å²) >= 11 is 0. The molecule has 1 fully saturated rings. The molecule has 1 N–H and O–H groups in total. The highest BCUT2D eigenvalue weighted by Crippen LogP contribution is 2.39. The van der Waals surface area contributed by atoms with E-state index in [4.69, 9.17) is 0 Å². The minimum atomic E-state index is -0.264. The van der Waals surface area contributed by atoms with Crippen LogP contribution >= 0.6 is 0 Å². The van der Waals surface area contributed by atoms with E-state index in [1.54, 1.807) is 6.07 Å². The molecular formula is C13H17N3O2. The third-order valence-electron chi connectivity index (χ3n) is 3.81. The molecule has 0 bridgehead atoms. The number of hydrogen-bond acceptors (Lipinski definition) is 4. The van der Waals surface area contributed by atoms with Crippen LogP contribution < -0.4 is 10.2 Å². The zero-order valence-corrected chi connectivity index (χ0v) is 10.3. The molecule has 0 radical (unpaired) electrons. The van der Waals surface area contributed by atoms with Crippen molar-refractivity contribution in [1.82, 2.24) is 0 Å². The molecule has 96 valence electrons. The fourth-order valence-electron chi connectivity index (χ4n) is 2.95. The van der Waals surface area contributed by atoms with Gasteiger partial charge < -0.3 is 10.2 Å². The maximum Gasteiger partial charge on any atom is 0.274 e. The second-order valence-electron chi connectivity index (χ2n) is 4.94. The highest BCUT2D eigenvalue weighted by atomic mass is 16.6. The summed E-state index contributed by atoms with van der Waals surface area (Å²) in [7, 11) is 0. The van der Waals surface area contributed by atoms with Crippen molar-refractivity contribution < 1.29 is 4.92 Å². The molecule has 2 heterocycles. The number of fused-ring (bicyclic) bond motifs is 1. The standard InChI is InChI=1S/C13H17N3O2/c17-16(18)11-5-6-12(15-8-1-2-9-15)13-10(11)4-3-7-14-13/h5-6,14H,1-4,7-9H2. The van der Waals surface area contributed by atoms with Crippen LogP contribution in [0.25, 0.3) is 0 Å². The number of hydrogen-bond donors (Lipinski definition) is 1. The normalized spacial score (nSPS) is 18.3. The smallest absolute Gasteiger partial charge is 0.274 e. The van der Waals surface area contributed by atoms with Gasteiger partial charge in [0.05, 0.1) is 21.9 Å². The lowest BCUT2D eigenvalue weighted by atomic mass is 9.99. The van der Waals surface area contributed by atoms with Crippen LogP contribution in [0.1, 0.15) is 24.8 Å². The van der Waals surface area contributed by atoms with Crippen LogP contribution in [0.3, 0.4) is 0 Å². The van der Waals surface area contributed by atoms with Crippen molar-refractivity contribution in [2.45, 2.75) is 25.7 Å². The summed E-state index contributed by atoms with van der Waals surface area (Å²) in [6.07, 6.45) is 4.20. The second-order valence-corrected chi connectivity index (χ2v) is 4.94. The van der Waals surface area contributed by atoms with E-state index in [0.717, 1.165) is 49.4 Å². The zero-order valence-electron chi connectivity index (χ0n) is 10.3. The predicted molar refractivity (Wildman–Crippen MR) is 71.4 cm³/mol. The van der Waals surface area contributed by atoms with Gasteiger partial charge in [-0.3, -0.25) is 10.1 Å². The molecule has 1 aromatic carbocycles. The van der Waals surface area contributed by atoms with Crippen LogP contribution in [-0.2, 0) is 6.42 Å². The van der Waals surface area contributed by atoms with Gasteiger partial charge in [-0.1, -0.05) is 0 Å². The van der Waals surface area contributed by atoms with E-state index in [1.807, 2.05) is 6.07 Å². The van der Waals surface area contributed by atoms with Crippen molar-refractivity contribution in [1.29, 1.82) is 0 Å². The maximum atomic E-state index is 11.1. The molecule has 0 aliphatic carbocycles. The van der Waals surface area contributed by atoms with Crippen LogP contribution in [0.15, 0.2) is 12.1 Å². The van der Waals surface area contributed by atoms with Gasteiger partial charge in [0, 0.05) is 25.7 Å². The number of rotatable bonds is 2. The molecular weight excluding hydrogens is 230 g/mol. The fourth-order valence-corrected chi connectivity index (χ4v) is 2.95. The molecule has 0 saturated carbocycles. The van der Waals surface area contributed by atoms with Crippen LogP contribution in [0, 0.1) is 10.1 Å². The van der Waals surface area contributed by atoms with Gasteiger partial charge in [-0.15, -0.1) is 0 Å². The van der Waals surface area contributed by atoms with E-state index >= 15 is 0 Å². The summed E-state index contributed by atoms with van der Waals surface area (Å²) in [5.74, 6) is 0. The van der Waals surface area contributed by atoms with Gasteiger partial charge in [0.1, 0.15) is 0 Å². The first-order valence-corrected chi connectivity index (χ1v) is 6.56. The summed E-state index contributed by atoms with van der Waals surface area (Å²) in [5, 5.41) is 14.4. The lowest BCUT2D eigenvalue weighted by Gasteiger charge is -2.26. The predicted octanol–water partition coefficient (Wildman–Crippen LogP) is 2.55. The third-order valence-corrected chi connectivity index (χ3v) is 3.81. The van der Waals surface area contributed by atoms with E-state index in [9.17, 15) is 10.1 Å². The summed E-state index contributed by atoms with van der Waals surface area (Å²) in [6, 6.07) is 3.57. The highest BCUT2D eigenvalue weighted by Gasteiger charge is 2.26. The largest absolute Gasteiger partial charge is 0.383 e. The quantitative estimate of drug-likeness (QED) is 0.644. The Balaban J connectivity index is 2.08. The summed E-state index contributed by atoms with van der Waals surface area (Å²) in [5.41, 5.74) is 3.29. The van der Waals surface area contributed by atoms with Crippen molar-refractivity contribution in [3.63, 3.8) is 0 Å². The Morgan fingerprint density at radius 1 is 1.22 bits per heavy atom. The number of nitrogens with one attached hydrogen (secondary N) is 1. The van der Waals surface area contributed by atoms with Gasteiger partial charge >= 0.3 is 0 Å². The molecule has 0 atom stereocenters. The van der Waals surface area contributed by atoms with Gasteiger partial charge in [-0.25, -0.2) is 0 Å². The minimum Gasteiger partial charge on any atom is -0.383 e. The molecule has 2 aliphatic rings. The van der Waals surface area contributed by atoms with Crippen LogP contribution in [-0.4, -0.2) is 24.6 Å². The molecule has 1 saturated heterocycles. The van der Waals surface area contributed by atoms with E-state index < -0.39 is 0 Å². The Hall–Kier alpha value is -1.78. The fraction of sp³-hybridized carbons (Fsp3) is 0.538. The summed E-state index contributed by atoms with van der Waals surface area (Å²) in [4.78, 5) is 13.1. The second kappa shape index (κ2) is 4.48. The van der Waals surface area contributed by atoms with Crippen molar-refractivity contribution in [3.8, 4) is 0 Å². The molecule has 2 aliphatic heterocycles. The molecule has 0 aromatic heterocycles. The van der Waals surface area contributed by atoms with Gasteiger partial charge in [-0.05, 0) is 31.7 Å². The minimum absolute atomic E-state index is 0.264. The maximum absolute atomic E-state index is 11.1. The first-order chi connectivity index (χ1) is 8.77. The van der Waals surface area contributed by atoms with Crippen molar-refractivity contribution >= 4 is 17.1 Å². The zero-order chi connectivity index (χ0) is 12.5. The highest BCUT2D eigenvalue weighted by molar-refractivity contribution is 5.79. The van der Waals surface area contributed by atoms with Gasteiger partial charge in [-0.2, -0.15) is 0 Å². The van der Waals surface area contributed by atoms with Gasteiger partial charge in [0.2, 0.25) is 0 Å². The average Bonchev–Trinajstić information content (AvgIpc) is 2.91. The Morgan fingerprint density at radius 3 is 2.72 bits per heavy atom. The van der Waals surface area contributed by atoms with Crippen molar-refractivity contribution in [2.75, 3.05) is 29.9 Å². The number of anilines is 2. The van der Waals surface area contributed by atoms with Crippen molar-refractivity contribution in [2.24, 2.45) is 0 Å². The number of nitrogens with zero attached hydrogens (tertiary/aromatic N) is 2. The lowest BCUT2D eigenvalue weighted by molar-refractivity contribution is -0.385. The van der Waals surface area contributed by atoms with E-state index in [-0.39, 0.29) is 10.6 Å². The van der Waals surface area contributed by atoms with Crippen LogP contribution in [0.2, 0.25) is 0 Å². The molecule has 0 unspecified atom stereocenters. The van der Waals surface area contributed by atoms with Gasteiger partial charge in [0.15, 0.2) is 0 Å².